The molecule has 0 N–H and O–H groups in total. The van der Waals surface area contributed by atoms with Gasteiger partial charge < -0.3 is 4.74 Å². The highest BCUT2D eigenvalue weighted by atomic mass is 16.5. The quantitative estimate of drug-likeness (QED) is 0.745. The Morgan fingerprint density at radius 2 is 2.12 bits per heavy atom. The van der Waals surface area contributed by atoms with Crippen LogP contribution in [0.25, 0.3) is 5.57 Å². The molecule has 0 atom stereocenters. The van der Waals surface area contributed by atoms with Crippen molar-refractivity contribution in [1.29, 1.82) is 0 Å². The number of aryl methyl sites for hydroxylation is 1. The van der Waals surface area contributed by atoms with Crippen LogP contribution >= 0.6 is 0 Å². The van der Waals surface area contributed by atoms with Crippen molar-refractivity contribution in [2.24, 2.45) is 0 Å². The van der Waals surface area contributed by atoms with Crippen molar-refractivity contribution in [3.05, 3.63) is 40.5 Å². The molecule has 2 heteroatoms. The molecule has 1 aromatic carbocycles. The highest BCUT2D eigenvalue weighted by Crippen LogP contribution is 2.35. The molecule has 2 nitrogen and oxygen atoms in total. The van der Waals surface area contributed by atoms with Gasteiger partial charge in [-0.1, -0.05) is 29.3 Å². The number of hydrogen-bond donors (Lipinski definition) is 0. The molecule has 0 spiro atoms. The molecular formula is C15H18O2. The summed E-state index contributed by atoms with van der Waals surface area (Å²) in [6.45, 7) is 6.47. The summed E-state index contributed by atoms with van der Waals surface area (Å²) < 4.78 is 5.02. The van der Waals surface area contributed by atoms with Crippen LogP contribution in [-0.2, 0) is 16.0 Å². The van der Waals surface area contributed by atoms with Crippen molar-refractivity contribution in [3.63, 3.8) is 0 Å². The van der Waals surface area contributed by atoms with Crippen LogP contribution in [0, 0.1) is 6.92 Å². The van der Waals surface area contributed by atoms with Crippen molar-refractivity contribution >= 4 is 11.5 Å². The summed E-state index contributed by atoms with van der Waals surface area (Å²) >= 11 is 0. The SMILES string of the molecule is CCOC(=O)CC1=C(C)Cc2ccc(C)cc21. The Bertz CT molecular complexity index is 484. The fourth-order valence-electron chi connectivity index (χ4n) is 2.35. The van der Waals surface area contributed by atoms with Crippen molar-refractivity contribution in [2.75, 3.05) is 6.61 Å². The lowest BCUT2D eigenvalue weighted by atomic mass is 10.0. The molecule has 0 aliphatic heterocycles. The summed E-state index contributed by atoms with van der Waals surface area (Å²) in [6.07, 6.45) is 1.36. The summed E-state index contributed by atoms with van der Waals surface area (Å²) in [5, 5.41) is 0. The number of carbonyl (C=O) groups is 1. The van der Waals surface area contributed by atoms with Crippen molar-refractivity contribution in [1.82, 2.24) is 0 Å². The van der Waals surface area contributed by atoms with E-state index in [1.807, 2.05) is 6.92 Å². The zero-order chi connectivity index (χ0) is 12.4. The van der Waals surface area contributed by atoms with Gasteiger partial charge >= 0.3 is 5.97 Å². The molecule has 1 aliphatic rings. The molecule has 1 aromatic rings. The first-order valence-electron chi connectivity index (χ1n) is 6.06. The summed E-state index contributed by atoms with van der Waals surface area (Å²) in [6, 6.07) is 6.45. The van der Waals surface area contributed by atoms with Crippen LogP contribution in [0.4, 0.5) is 0 Å². The average molecular weight is 230 g/mol. The minimum atomic E-state index is -0.129. The molecule has 2 rings (SSSR count). The van der Waals surface area contributed by atoms with Gasteiger partial charge in [0.15, 0.2) is 0 Å². The van der Waals surface area contributed by atoms with Crippen LogP contribution in [0.2, 0.25) is 0 Å². The molecule has 0 aromatic heterocycles. The fraction of sp³-hybridized carbons (Fsp3) is 0.400. The van der Waals surface area contributed by atoms with Gasteiger partial charge in [0.1, 0.15) is 0 Å². The fourth-order valence-corrected chi connectivity index (χ4v) is 2.35. The van der Waals surface area contributed by atoms with Gasteiger partial charge in [0, 0.05) is 0 Å². The molecular weight excluding hydrogens is 212 g/mol. The van der Waals surface area contributed by atoms with Crippen LogP contribution < -0.4 is 0 Å². The van der Waals surface area contributed by atoms with Gasteiger partial charge in [0.2, 0.25) is 0 Å². The van der Waals surface area contributed by atoms with E-state index in [9.17, 15) is 4.79 Å². The second kappa shape index (κ2) is 4.74. The smallest absolute Gasteiger partial charge is 0.310 e. The van der Waals surface area contributed by atoms with E-state index in [2.05, 4.69) is 32.0 Å². The first kappa shape index (κ1) is 11.9. The van der Waals surface area contributed by atoms with Crippen molar-refractivity contribution < 1.29 is 9.53 Å². The molecule has 0 saturated heterocycles. The van der Waals surface area contributed by atoms with Crippen LogP contribution in [0.5, 0.6) is 0 Å². The van der Waals surface area contributed by atoms with Gasteiger partial charge in [-0.05, 0) is 43.9 Å². The molecule has 17 heavy (non-hydrogen) atoms. The van der Waals surface area contributed by atoms with Gasteiger partial charge in [-0.25, -0.2) is 0 Å². The van der Waals surface area contributed by atoms with Gasteiger partial charge in [-0.2, -0.15) is 0 Å². The number of ether oxygens (including phenoxy) is 1. The number of esters is 1. The number of allylic oxidation sites excluding steroid dienone is 1. The first-order valence-corrected chi connectivity index (χ1v) is 6.06. The predicted molar refractivity (Wildman–Crippen MR) is 68.7 cm³/mol. The maximum Gasteiger partial charge on any atom is 0.310 e. The standard InChI is InChI=1S/C15H18O2/c1-4-17-15(16)9-13-11(3)8-12-6-5-10(2)7-14(12)13/h5-7H,4,8-9H2,1-3H3. The zero-order valence-electron chi connectivity index (χ0n) is 10.7. The summed E-state index contributed by atoms with van der Waals surface area (Å²) in [5.41, 5.74) is 6.24. The lowest BCUT2D eigenvalue weighted by Crippen LogP contribution is -2.04. The second-order valence-electron chi connectivity index (χ2n) is 4.58. The number of fused-ring (bicyclic) bond motifs is 1. The van der Waals surface area contributed by atoms with E-state index in [4.69, 9.17) is 4.74 Å². The predicted octanol–water partition coefficient (Wildman–Crippen LogP) is 3.28. The van der Waals surface area contributed by atoms with E-state index >= 15 is 0 Å². The third-order valence-electron chi connectivity index (χ3n) is 3.19. The Kier molecular flexibility index (Phi) is 3.32. The Morgan fingerprint density at radius 3 is 2.82 bits per heavy atom. The third kappa shape index (κ3) is 2.41. The minimum absolute atomic E-state index is 0.129. The maximum atomic E-state index is 11.6. The van der Waals surface area contributed by atoms with E-state index in [0.29, 0.717) is 13.0 Å². The molecule has 0 fully saturated rings. The average Bonchev–Trinajstić information content (AvgIpc) is 2.56. The maximum absolute atomic E-state index is 11.6. The third-order valence-corrected chi connectivity index (χ3v) is 3.19. The molecule has 0 heterocycles. The highest BCUT2D eigenvalue weighted by Gasteiger charge is 2.21. The van der Waals surface area contributed by atoms with E-state index in [-0.39, 0.29) is 5.97 Å². The highest BCUT2D eigenvalue weighted by molar-refractivity contribution is 5.89. The lowest BCUT2D eigenvalue weighted by Gasteiger charge is -2.07. The normalized spacial score (nSPS) is 13.8. The molecule has 0 radical (unpaired) electrons. The van der Waals surface area contributed by atoms with Crippen LogP contribution in [0.1, 0.15) is 37.0 Å². The molecule has 0 amide bonds. The second-order valence-corrected chi connectivity index (χ2v) is 4.58. The number of carbonyl (C=O) groups excluding carboxylic acids is 1. The van der Waals surface area contributed by atoms with Crippen LogP contribution in [-0.4, -0.2) is 12.6 Å². The summed E-state index contributed by atoms with van der Waals surface area (Å²) in [7, 11) is 0. The lowest BCUT2D eigenvalue weighted by molar-refractivity contribution is -0.141. The molecule has 0 unspecified atom stereocenters. The topological polar surface area (TPSA) is 26.3 Å². The van der Waals surface area contributed by atoms with Crippen LogP contribution in [0.15, 0.2) is 23.8 Å². The Hall–Kier alpha value is -1.57. The van der Waals surface area contributed by atoms with E-state index in [1.165, 1.54) is 22.3 Å². The van der Waals surface area contributed by atoms with Crippen molar-refractivity contribution in [3.8, 4) is 0 Å². The van der Waals surface area contributed by atoms with Crippen LogP contribution in [0.3, 0.4) is 0 Å². The Balaban J connectivity index is 2.27. The van der Waals surface area contributed by atoms with E-state index in [1.54, 1.807) is 0 Å². The molecule has 90 valence electrons. The first-order chi connectivity index (χ1) is 8.11. The van der Waals surface area contributed by atoms with Gasteiger partial charge in [0.25, 0.3) is 0 Å². The number of hydrogen-bond acceptors (Lipinski definition) is 2. The number of benzene rings is 1. The summed E-state index contributed by atoms with van der Waals surface area (Å²) in [4.78, 5) is 11.6. The molecule has 0 saturated carbocycles. The minimum Gasteiger partial charge on any atom is -0.466 e. The van der Waals surface area contributed by atoms with Gasteiger partial charge in [-0.3, -0.25) is 4.79 Å². The van der Waals surface area contributed by atoms with E-state index in [0.717, 1.165) is 12.0 Å². The van der Waals surface area contributed by atoms with E-state index < -0.39 is 0 Å². The monoisotopic (exact) mass is 230 g/mol. The molecule has 0 bridgehead atoms. The zero-order valence-corrected chi connectivity index (χ0v) is 10.7. The Labute approximate surface area is 102 Å². The summed E-state index contributed by atoms with van der Waals surface area (Å²) in [5.74, 6) is -0.129. The van der Waals surface area contributed by atoms with Gasteiger partial charge in [0.05, 0.1) is 13.0 Å². The Morgan fingerprint density at radius 1 is 1.35 bits per heavy atom. The largest absolute Gasteiger partial charge is 0.466 e. The van der Waals surface area contributed by atoms with Crippen molar-refractivity contribution in [2.45, 2.75) is 33.6 Å². The van der Waals surface area contributed by atoms with Gasteiger partial charge in [-0.15, -0.1) is 0 Å². The molecule has 1 aliphatic carbocycles. The number of rotatable bonds is 3.